The third kappa shape index (κ3) is 1.67. The average molecular weight is 192 g/mol. The second-order valence-electron chi connectivity index (χ2n) is 2.95. The number of aliphatic hydroxyl groups is 1. The summed E-state index contributed by atoms with van der Waals surface area (Å²) in [7, 11) is 0. The van der Waals surface area contributed by atoms with Gasteiger partial charge in [0.05, 0.1) is 12.3 Å². The minimum atomic E-state index is -0.00868. The van der Waals surface area contributed by atoms with Crippen molar-refractivity contribution in [1.82, 2.24) is 15.3 Å². The van der Waals surface area contributed by atoms with E-state index in [1.54, 1.807) is 24.7 Å². The van der Waals surface area contributed by atoms with Gasteiger partial charge in [-0.3, -0.25) is 0 Å². The van der Waals surface area contributed by atoms with Gasteiger partial charge in [-0.15, -0.1) is 0 Å². The summed E-state index contributed by atoms with van der Waals surface area (Å²) < 4.78 is 0. The lowest BCUT2D eigenvalue weighted by Crippen LogP contribution is -2.37. The van der Waals surface area contributed by atoms with E-state index in [1.807, 2.05) is 4.90 Å². The first-order valence-electron chi connectivity index (χ1n) is 4.49. The Kier molecular flexibility index (Phi) is 2.60. The normalized spacial score (nSPS) is 16.1. The fraction of sp³-hybridized carbons (Fsp3) is 0.333. The van der Waals surface area contributed by atoms with Crippen molar-refractivity contribution in [2.75, 3.05) is 24.6 Å². The van der Waals surface area contributed by atoms with E-state index in [0.29, 0.717) is 5.95 Å². The Bertz CT molecular complexity index is 325. The van der Waals surface area contributed by atoms with Gasteiger partial charge >= 0.3 is 0 Å². The molecule has 1 aliphatic rings. The van der Waals surface area contributed by atoms with Crippen molar-refractivity contribution in [3.8, 4) is 0 Å². The van der Waals surface area contributed by atoms with Crippen LogP contribution in [0.5, 0.6) is 0 Å². The van der Waals surface area contributed by atoms with Gasteiger partial charge in [-0.05, 0) is 6.07 Å². The number of aromatic nitrogens is 2. The highest BCUT2D eigenvalue weighted by atomic mass is 16.3. The molecule has 0 atom stereocenters. The van der Waals surface area contributed by atoms with E-state index in [9.17, 15) is 0 Å². The number of nitrogens with zero attached hydrogens (tertiary/aromatic N) is 3. The van der Waals surface area contributed by atoms with E-state index < -0.39 is 0 Å². The maximum atomic E-state index is 9.12. The minimum Gasteiger partial charge on any atom is -0.390 e. The first-order chi connectivity index (χ1) is 6.92. The van der Waals surface area contributed by atoms with Crippen LogP contribution in [0.4, 0.5) is 5.95 Å². The second-order valence-corrected chi connectivity index (χ2v) is 2.95. The topological polar surface area (TPSA) is 61.3 Å². The molecule has 74 valence electrons. The van der Waals surface area contributed by atoms with Crippen LogP contribution in [0.1, 0.15) is 0 Å². The van der Waals surface area contributed by atoms with Crippen molar-refractivity contribution < 1.29 is 5.11 Å². The zero-order valence-corrected chi connectivity index (χ0v) is 7.72. The number of hydrogen-bond donors (Lipinski definition) is 2. The van der Waals surface area contributed by atoms with Crippen molar-refractivity contribution in [1.29, 1.82) is 0 Å². The largest absolute Gasteiger partial charge is 0.390 e. The van der Waals surface area contributed by atoms with Crippen molar-refractivity contribution in [3.63, 3.8) is 0 Å². The maximum absolute atomic E-state index is 9.12. The number of aliphatic hydroxyl groups excluding tert-OH is 1. The predicted molar refractivity (Wildman–Crippen MR) is 52.5 cm³/mol. The average Bonchev–Trinajstić information content (AvgIpc) is 2.30. The maximum Gasteiger partial charge on any atom is 0.229 e. The molecule has 2 heterocycles. The van der Waals surface area contributed by atoms with Crippen molar-refractivity contribution in [2.45, 2.75) is 0 Å². The fourth-order valence-corrected chi connectivity index (χ4v) is 1.38. The molecule has 0 unspecified atom stereocenters. The molecule has 2 rings (SSSR count). The highest BCUT2D eigenvalue weighted by Gasteiger charge is 2.15. The van der Waals surface area contributed by atoms with Crippen LogP contribution in [-0.2, 0) is 0 Å². The monoisotopic (exact) mass is 192 g/mol. The summed E-state index contributed by atoms with van der Waals surface area (Å²) in [4.78, 5) is 10.2. The van der Waals surface area contributed by atoms with Gasteiger partial charge in [0.1, 0.15) is 0 Å². The molecule has 0 amide bonds. The lowest BCUT2D eigenvalue weighted by atomic mass is 10.3. The molecule has 5 nitrogen and oxygen atoms in total. The van der Waals surface area contributed by atoms with Crippen LogP contribution < -0.4 is 10.2 Å². The van der Waals surface area contributed by atoms with Gasteiger partial charge < -0.3 is 15.3 Å². The van der Waals surface area contributed by atoms with Gasteiger partial charge in [0.25, 0.3) is 0 Å². The van der Waals surface area contributed by atoms with Gasteiger partial charge in [0.15, 0.2) is 0 Å². The summed E-state index contributed by atoms with van der Waals surface area (Å²) in [6.45, 7) is 1.60. The smallest absolute Gasteiger partial charge is 0.229 e. The van der Waals surface area contributed by atoms with Crippen LogP contribution in [0.2, 0.25) is 0 Å². The first-order valence-corrected chi connectivity index (χ1v) is 4.49. The molecule has 0 saturated heterocycles. The van der Waals surface area contributed by atoms with E-state index in [0.717, 1.165) is 18.8 Å². The molecule has 1 aliphatic heterocycles. The Labute approximate surface area is 82.1 Å². The standard InChI is InChI=1S/C9H12N4O/c14-7-8-6-10-4-5-13(8)9-11-2-1-3-12-9/h1-3,6,10,14H,4-5,7H2. The SMILES string of the molecule is OCC1=CNCCN1c1ncccn1. The van der Waals surface area contributed by atoms with Crippen molar-refractivity contribution in [3.05, 3.63) is 30.4 Å². The number of rotatable bonds is 2. The van der Waals surface area contributed by atoms with Crippen LogP contribution >= 0.6 is 0 Å². The van der Waals surface area contributed by atoms with Crippen LogP contribution in [0, 0.1) is 0 Å². The molecule has 1 aromatic rings. The van der Waals surface area contributed by atoms with Gasteiger partial charge in [-0.2, -0.15) is 0 Å². The zero-order valence-electron chi connectivity index (χ0n) is 7.72. The quantitative estimate of drug-likeness (QED) is 0.675. The highest BCUT2D eigenvalue weighted by Crippen LogP contribution is 2.13. The molecule has 0 bridgehead atoms. The molecule has 0 aliphatic carbocycles. The molecule has 0 saturated carbocycles. The van der Waals surface area contributed by atoms with E-state index in [-0.39, 0.29) is 6.61 Å². The highest BCUT2D eigenvalue weighted by molar-refractivity contribution is 5.40. The van der Waals surface area contributed by atoms with Gasteiger partial charge in [0.2, 0.25) is 5.95 Å². The van der Waals surface area contributed by atoms with E-state index >= 15 is 0 Å². The summed E-state index contributed by atoms with van der Waals surface area (Å²) in [6.07, 6.45) is 5.18. The minimum absolute atomic E-state index is 0.00868. The molecule has 0 radical (unpaired) electrons. The summed E-state index contributed by atoms with van der Waals surface area (Å²) in [5.41, 5.74) is 0.794. The summed E-state index contributed by atoms with van der Waals surface area (Å²) >= 11 is 0. The summed E-state index contributed by atoms with van der Waals surface area (Å²) in [5, 5.41) is 12.2. The Morgan fingerprint density at radius 3 is 2.93 bits per heavy atom. The molecular formula is C9H12N4O. The Morgan fingerprint density at radius 1 is 1.43 bits per heavy atom. The molecule has 5 heteroatoms. The number of nitrogens with one attached hydrogen (secondary N) is 1. The summed E-state index contributed by atoms with van der Waals surface area (Å²) in [6, 6.07) is 1.77. The van der Waals surface area contributed by atoms with E-state index in [1.165, 1.54) is 0 Å². The Balaban J connectivity index is 2.25. The lowest BCUT2D eigenvalue weighted by Gasteiger charge is -2.27. The first kappa shape index (κ1) is 8.96. The zero-order chi connectivity index (χ0) is 9.80. The molecular weight excluding hydrogens is 180 g/mol. The van der Waals surface area contributed by atoms with E-state index in [4.69, 9.17) is 5.11 Å². The molecule has 1 aromatic heterocycles. The lowest BCUT2D eigenvalue weighted by molar-refractivity contribution is 0.323. The molecule has 14 heavy (non-hydrogen) atoms. The molecule has 0 fully saturated rings. The third-order valence-electron chi connectivity index (χ3n) is 2.05. The van der Waals surface area contributed by atoms with Crippen LogP contribution in [0.25, 0.3) is 0 Å². The number of hydrogen-bond acceptors (Lipinski definition) is 5. The predicted octanol–water partition coefficient (Wildman–Crippen LogP) is -0.280. The fourth-order valence-electron chi connectivity index (χ4n) is 1.38. The van der Waals surface area contributed by atoms with Gasteiger partial charge in [0, 0.05) is 31.7 Å². The molecule has 0 spiro atoms. The van der Waals surface area contributed by atoms with Crippen LogP contribution in [0.3, 0.4) is 0 Å². The van der Waals surface area contributed by atoms with E-state index in [2.05, 4.69) is 15.3 Å². The van der Waals surface area contributed by atoms with Gasteiger partial charge in [-0.1, -0.05) is 0 Å². The second kappa shape index (κ2) is 4.06. The summed E-state index contributed by atoms with van der Waals surface area (Å²) in [5.74, 6) is 0.634. The third-order valence-corrected chi connectivity index (χ3v) is 2.05. The van der Waals surface area contributed by atoms with Crippen LogP contribution in [-0.4, -0.2) is 34.8 Å². The molecule has 0 aromatic carbocycles. The van der Waals surface area contributed by atoms with Crippen molar-refractivity contribution >= 4 is 5.95 Å². The van der Waals surface area contributed by atoms with Gasteiger partial charge in [-0.25, -0.2) is 9.97 Å². The number of anilines is 1. The Morgan fingerprint density at radius 2 is 2.21 bits per heavy atom. The Hall–Kier alpha value is -1.62. The van der Waals surface area contributed by atoms with Crippen LogP contribution in [0.15, 0.2) is 30.4 Å². The molecule has 2 N–H and O–H groups in total. The van der Waals surface area contributed by atoms with Crippen molar-refractivity contribution in [2.24, 2.45) is 0 Å².